The molecule has 148 valence electrons. The fourth-order valence-corrected chi connectivity index (χ4v) is 4.27. The van der Waals surface area contributed by atoms with Crippen molar-refractivity contribution in [2.75, 3.05) is 20.2 Å². The van der Waals surface area contributed by atoms with Crippen LogP contribution in [0.1, 0.15) is 35.7 Å². The Hall–Kier alpha value is -3.35. The zero-order chi connectivity index (χ0) is 20.0. The molecule has 4 heterocycles. The molecule has 3 aromatic heterocycles. The molecule has 5 rings (SSSR count). The van der Waals surface area contributed by atoms with Crippen molar-refractivity contribution in [3.63, 3.8) is 0 Å². The van der Waals surface area contributed by atoms with E-state index in [2.05, 4.69) is 21.5 Å². The number of nitrogens with zero attached hydrogens (tertiary/aromatic N) is 4. The standard InChI is InChI=1S/C22H23N5O2/c1-3-20-25-18-5-4-9-23-21(18)27(20)15-8-10-26(13-15)22(28)19-12-14-11-16(29-2)6-7-17(14)24-19/h4-7,9,11-12,15,24H,3,8,10,13H2,1-2H3/t15-/m1/s1. The first kappa shape index (κ1) is 17.7. The number of aryl methyl sites for hydroxylation is 1. The van der Waals surface area contributed by atoms with Crippen LogP contribution in [0.15, 0.2) is 42.6 Å². The highest BCUT2D eigenvalue weighted by Crippen LogP contribution is 2.29. The summed E-state index contributed by atoms with van der Waals surface area (Å²) >= 11 is 0. The molecule has 7 heteroatoms. The number of H-pyrrole nitrogens is 1. The predicted molar refractivity (Wildman–Crippen MR) is 111 cm³/mol. The van der Waals surface area contributed by atoms with E-state index in [1.54, 1.807) is 13.3 Å². The van der Waals surface area contributed by atoms with Crippen LogP contribution in [0, 0.1) is 0 Å². The number of benzene rings is 1. The Balaban J connectivity index is 1.42. The van der Waals surface area contributed by atoms with Crippen LogP contribution < -0.4 is 4.74 Å². The number of nitrogens with one attached hydrogen (secondary N) is 1. The normalized spacial score (nSPS) is 16.8. The number of aromatic amines is 1. The lowest BCUT2D eigenvalue weighted by atomic mass is 10.2. The molecule has 0 aliphatic carbocycles. The first-order chi connectivity index (χ1) is 14.2. The second-order valence-corrected chi connectivity index (χ2v) is 7.43. The van der Waals surface area contributed by atoms with Crippen molar-refractivity contribution in [2.45, 2.75) is 25.8 Å². The summed E-state index contributed by atoms with van der Waals surface area (Å²) in [4.78, 5) is 27.6. The van der Waals surface area contributed by atoms with Crippen LogP contribution in [0.4, 0.5) is 0 Å². The molecular formula is C22H23N5O2. The van der Waals surface area contributed by atoms with Gasteiger partial charge in [0.2, 0.25) is 0 Å². The second-order valence-electron chi connectivity index (χ2n) is 7.43. The summed E-state index contributed by atoms with van der Waals surface area (Å²) in [5.74, 6) is 1.83. The van der Waals surface area contributed by atoms with E-state index in [9.17, 15) is 4.79 Å². The summed E-state index contributed by atoms with van der Waals surface area (Å²) in [6, 6.07) is 11.8. The quantitative estimate of drug-likeness (QED) is 0.579. The van der Waals surface area contributed by atoms with Gasteiger partial charge in [-0.2, -0.15) is 0 Å². The maximum Gasteiger partial charge on any atom is 0.270 e. The lowest BCUT2D eigenvalue weighted by Crippen LogP contribution is -2.29. The van der Waals surface area contributed by atoms with Gasteiger partial charge in [0.15, 0.2) is 5.65 Å². The second kappa shape index (κ2) is 6.92. The Kier molecular flexibility index (Phi) is 4.23. The lowest BCUT2D eigenvalue weighted by Gasteiger charge is -2.18. The number of hydrogen-bond donors (Lipinski definition) is 1. The summed E-state index contributed by atoms with van der Waals surface area (Å²) in [5, 5.41) is 0.974. The third kappa shape index (κ3) is 2.93. The number of fused-ring (bicyclic) bond motifs is 2. The predicted octanol–water partition coefficient (Wildman–Crippen LogP) is 3.57. The van der Waals surface area contributed by atoms with Gasteiger partial charge in [-0.15, -0.1) is 0 Å². The maximum atomic E-state index is 13.1. The van der Waals surface area contributed by atoms with Gasteiger partial charge >= 0.3 is 0 Å². The summed E-state index contributed by atoms with van der Waals surface area (Å²) < 4.78 is 7.50. The van der Waals surface area contributed by atoms with Gasteiger partial charge < -0.3 is 19.2 Å². The minimum Gasteiger partial charge on any atom is -0.497 e. The number of pyridine rings is 1. The Bertz CT molecular complexity index is 1210. The molecule has 0 saturated carbocycles. The summed E-state index contributed by atoms with van der Waals surface area (Å²) in [5.41, 5.74) is 3.36. The van der Waals surface area contributed by atoms with Crippen LogP contribution in [0.25, 0.3) is 22.1 Å². The Morgan fingerprint density at radius 1 is 1.31 bits per heavy atom. The molecule has 1 fully saturated rings. The number of hydrogen-bond acceptors (Lipinski definition) is 4. The third-order valence-corrected chi connectivity index (χ3v) is 5.71. The Morgan fingerprint density at radius 2 is 2.21 bits per heavy atom. The number of ether oxygens (including phenoxy) is 1. The fraction of sp³-hybridized carbons (Fsp3) is 0.318. The first-order valence-electron chi connectivity index (χ1n) is 9.95. The topological polar surface area (TPSA) is 76.0 Å². The van der Waals surface area contributed by atoms with Gasteiger partial charge in [-0.25, -0.2) is 9.97 Å². The van der Waals surface area contributed by atoms with Gasteiger partial charge in [-0.3, -0.25) is 4.79 Å². The van der Waals surface area contributed by atoms with Crippen molar-refractivity contribution >= 4 is 28.0 Å². The van der Waals surface area contributed by atoms with Gasteiger partial charge in [0.05, 0.1) is 13.2 Å². The molecule has 0 unspecified atom stereocenters. The average molecular weight is 389 g/mol. The Morgan fingerprint density at radius 3 is 3.03 bits per heavy atom. The minimum absolute atomic E-state index is 0.0260. The van der Waals surface area contributed by atoms with E-state index < -0.39 is 0 Å². The van der Waals surface area contributed by atoms with Gasteiger partial charge in [0, 0.05) is 36.6 Å². The highest BCUT2D eigenvalue weighted by Gasteiger charge is 2.31. The molecule has 0 radical (unpaired) electrons. The highest BCUT2D eigenvalue weighted by atomic mass is 16.5. The number of amides is 1. The summed E-state index contributed by atoms with van der Waals surface area (Å²) in [6.45, 7) is 3.48. The number of rotatable bonds is 4. The largest absolute Gasteiger partial charge is 0.497 e. The molecule has 7 nitrogen and oxygen atoms in total. The maximum absolute atomic E-state index is 13.1. The lowest BCUT2D eigenvalue weighted by molar-refractivity contribution is 0.0783. The van der Waals surface area contributed by atoms with Crippen molar-refractivity contribution in [2.24, 2.45) is 0 Å². The van der Waals surface area contributed by atoms with Crippen LogP contribution in [-0.2, 0) is 6.42 Å². The molecule has 1 aliphatic heterocycles. The van der Waals surface area contributed by atoms with Gasteiger partial charge in [0.25, 0.3) is 5.91 Å². The van der Waals surface area contributed by atoms with E-state index in [-0.39, 0.29) is 11.9 Å². The van der Waals surface area contributed by atoms with E-state index in [1.807, 2.05) is 41.3 Å². The van der Waals surface area contributed by atoms with Crippen LogP contribution in [0.3, 0.4) is 0 Å². The van der Waals surface area contributed by atoms with Crippen LogP contribution in [-0.4, -0.2) is 50.5 Å². The van der Waals surface area contributed by atoms with E-state index in [1.165, 1.54) is 0 Å². The fourth-order valence-electron chi connectivity index (χ4n) is 4.27. The van der Waals surface area contributed by atoms with E-state index >= 15 is 0 Å². The summed E-state index contributed by atoms with van der Waals surface area (Å²) in [6.07, 6.45) is 3.54. The molecule has 1 N–H and O–H groups in total. The van der Waals surface area contributed by atoms with Crippen molar-refractivity contribution in [1.29, 1.82) is 0 Å². The van der Waals surface area contributed by atoms with Gasteiger partial charge in [0.1, 0.15) is 22.8 Å². The first-order valence-corrected chi connectivity index (χ1v) is 9.95. The molecular weight excluding hydrogens is 366 g/mol. The number of aromatic nitrogens is 4. The Labute approximate surface area is 168 Å². The monoisotopic (exact) mass is 389 g/mol. The number of carbonyl (C=O) groups excluding carboxylic acids is 1. The minimum atomic E-state index is 0.0260. The number of carbonyl (C=O) groups is 1. The average Bonchev–Trinajstić information content (AvgIpc) is 3.47. The van der Waals surface area contributed by atoms with Crippen molar-refractivity contribution < 1.29 is 9.53 Å². The highest BCUT2D eigenvalue weighted by molar-refractivity contribution is 5.98. The molecule has 29 heavy (non-hydrogen) atoms. The molecule has 0 bridgehead atoms. The van der Waals surface area contributed by atoms with E-state index in [0.29, 0.717) is 12.2 Å². The smallest absolute Gasteiger partial charge is 0.270 e. The number of methoxy groups -OCH3 is 1. The number of likely N-dealkylation sites (tertiary alicyclic amines) is 1. The molecule has 1 saturated heterocycles. The van der Waals surface area contributed by atoms with Crippen LogP contribution >= 0.6 is 0 Å². The van der Waals surface area contributed by atoms with Gasteiger partial charge in [-0.05, 0) is 42.8 Å². The zero-order valence-corrected chi connectivity index (χ0v) is 16.6. The third-order valence-electron chi connectivity index (χ3n) is 5.71. The number of imidazole rings is 1. The van der Waals surface area contributed by atoms with Crippen LogP contribution in [0.2, 0.25) is 0 Å². The molecule has 1 amide bonds. The van der Waals surface area contributed by atoms with Crippen molar-refractivity contribution in [3.8, 4) is 5.75 Å². The van der Waals surface area contributed by atoms with E-state index in [0.717, 1.165) is 53.0 Å². The molecule has 1 atom stereocenters. The molecule has 1 aromatic carbocycles. The molecule has 0 spiro atoms. The zero-order valence-electron chi connectivity index (χ0n) is 16.6. The molecule has 1 aliphatic rings. The van der Waals surface area contributed by atoms with Gasteiger partial charge in [-0.1, -0.05) is 6.92 Å². The molecule has 4 aromatic rings. The van der Waals surface area contributed by atoms with Crippen molar-refractivity contribution in [3.05, 3.63) is 54.1 Å². The summed E-state index contributed by atoms with van der Waals surface area (Å²) in [7, 11) is 1.64. The SMILES string of the molecule is CCc1nc2cccnc2n1[C@@H]1CCN(C(=O)c2cc3cc(OC)ccc3[nH]2)C1. The van der Waals surface area contributed by atoms with Crippen LogP contribution in [0.5, 0.6) is 5.75 Å². The van der Waals surface area contributed by atoms with Crippen molar-refractivity contribution in [1.82, 2.24) is 24.4 Å². The van der Waals surface area contributed by atoms with E-state index in [4.69, 9.17) is 9.72 Å².